The van der Waals surface area contributed by atoms with Gasteiger partial charge in [-0.3, -0.25) is 4.79 Å². The van der Waals surface area contributed by atoms with Crippen molar-refractivity contribution in [2.24, 2.45) is 5.73 Å². The van der Waals surface area contributed by atoms with Gasteiger partial charge in [0, 0.05) is 6.54 Å². The fourth-order valence-electron chi connectivity index (χ4n) is 2.21. The quantitative estimate of drug-likeness (QED) is 0.865. The molecule has 1 amide bonds. The molecule has 1 aliphatic rings. The Morgan fingerprint density at radius 2 is 2.26 bits per heavy atom. The molecule has 6 nitrogen and oxygen atoms in total. The number of para-hydroxylation sites is 2. The van der Waals surface area contributed by atoms with E-state index in [1.807, 2.05) is 24.3 Å². The molecular formula is C13H15N3O3. The summed E-state index contributed by atoms with van der Waals surface area (Å²) < 4.78 is 11.0. The van der Waals surface area contributed by atoms with Crippen LogP contribution < -0.4 is 11.1 Å². The molecule has 19 heavy (non-hydrogen) atoms. The topological polar surface area (TPSA) is 90.4 Å². The lowest BCUT2D eigenvalue weighted by Crippen LogP contribution is -2.30. The zero-order chi connectivity index (χ0) is 13.2. The molecule has 0 saturated carbocycles. The first kappa shape index (κ1) is 12.0. The summed E-state index contributed by atoms with van der Waals surface area (Å²) in [5.41, 5.74) is 6.76. The molecule has 1 aromatic carbocycles. The largest absolute Gasteiger partial charge is 0.424 e. The predicted octanol–water partition coefficient (Wildman–Crippen LogP) is 1.27. The summed E-state index contributed by atoms with van der Waals surface area (Å²) in [6, 6.07) is 8.02. The highest BCUT2D eigenvalue weighted by molar-refractivity contribution is 5.79. The second kappa shape index (κ2) is 4.89. The van der Waals surface area contributed by atoms with Gasteiger partial charge >= 0.3 is 0 Å². The van der Waals surface area contributed by atoms with E-state index in [0.717, 1.165) is 17.5 Å². The van der Waals surface area contributed by atoms with E-state index in [9.17, 15) is 4.79 Å². The van der Waals surface area contributed by atoms with Crippen molar-refractivity contribution >= 4 is 23.0 Å². The van der Waals surface area contributed by atoms with Crippen LogP contribution in [0.3, 0.4) is 0 Å². The number of nitrogens with two attached hydrogens (primary N) is 1. The number of amides is 1. The van der Waals surface area contributed by atoms with Gasteiger partial charge < -0.3 is 20.2 Å². The molecule has 0 aliphatic carbocycles. The highest BCUT2D eigenvalue weighted by Crippen LogP contribution is 2.21. The first-order valence-electron chi connectivity index (χ1n) is 6.26. The van der Waals surface area contributed by atoms with Gasteiger partial charge in [0.05, 0.1) is 6.10 Å². The van der Waals surface area contributed by atoms with Gasteiger partial charge in [-0.1, -0.05) is 12.1 Å². The molecule has 1 aliphatic heterocycles. The minimum absolute atomic E-state index is 0.0347. The number of benzene rings is 1. The van der Waals surface area contributed by atoms with E-state index in [1.54, 1.807) is 0 Å². The zero-order valence-electron chi connectivity index (χ0n) is 10.3. The number of anilines is 1. The number of oxazole rings is 1. The Labute approximate surface area is 109 Å². The Bertz CT molecular complexity index is 563. The summed E-state index contributed by atoms with van der Waals surface area (Å²) in [5.74, 6) is -0.399. The van der Waals surface area contributed by atoms with Crippen LogP contribution in [0.4, 0.5) is 6.01 Å². The van der Waals surface area contributed by atoms with Crippen LogP contribution in [-0.2, 0) is 9.53 Å². The Morgan fingerprint density at radius 3 is 3.00 bits per heavy atom. The molecule has 2 heterocycles. The summed E-state index contributed by atoms with van der Waals surface area (Å²) in [7, 11) is 0. The number of ether oxygens (including phenoxy) is 1. The number of aromatic nitrogens is 1. The van der Waals surface area contributed by atoms with Crippen molar-refractivity contribution in [3.05, 3.63) is 24.3 Å². The minimum Gasteiger partial charge on any atom is -0.424 e. The molecule has 0 radical (unpaired) electrons. The summed E-state index contributed by atoms with van der Waals surface area (Å²) in [4.78, 5) is 15.3. The van der Waals surface area contributed by atoms with E-state index >= 15 is 0 Å². The van der Waals surface area contributed by atoms with Crippen molar-refractivity contribution in [3.8, 4) is 0 Å². The lowest BCUT2D eigenvalue weighted by Gasteiger charge is -2.11. The van der Waals surface area contributed by atoms with Gasteiger partial charge in [0.25, 0.3) is 6.01 Å². The van der Waals surface area contributed by atoms with Gasteiger partial charge in [-0.05, 0) is 25.0 Å². The molecule has 6 heteroatoms. The third-order valence-electron chi connectivity index (χ3n) is 3.20. The van der Waals surface area contributed by atoms with Crippen LogP contribution >= 0.6 is 0 Å². The fourth-order valence-corrected chi connectivity index (χ4v) is 2.21. The van der Waals surface area contributed by atoms with Crippen LogP contribution in [0.5, 0.6) is 0 Å². The van der Waals surface area contributed by atoms with Crippen LogP contribution in [0.2, 0.25) is 0 Å². The SMILES string of the molecule is NC(=O)[C@H]1CC[C@H](CNc2nc3ccccc3o2)O1. The summed E-state index contributed by atoms with van der Waals surface area (Å²) in [6.07, 6.45) is 0.985. The lowest BCUT2D eigenvalue weighted by molar-refractivity contribution is -0.128. The summed E-state index contributed by atoms with van der Waals surface area (Å²) >= 11 is 0. The maximum absolute atomic E-state index is 11.0. The number of primary amides is 1. The third kappa shape index (κ3) is 2.53. The van der Waals surface area contributed by atoms with Crippen LogP contribution in [0.15, 0.2) is 28.7 Å². The van der Waals surface area contributed by atoms with E-state index in [-0.39, 0.29) is 6.10 Å². The molecule has 1 fully saturated rings. The molecular weight excluding hydrogens is 246 g/mol. The van der Waals surface area contributed by atoms with Crippen molar-refractivity contribution in [2.45, 2.75) is 25.0 Å². The second-order valence-corrected chi connectivity index (χ2v) is 4.59. The Kier molecular flexibility index (Phi) is 3.08. The van der Waals surface area contributed by atoms with Gasteiger partial charge in [0.15, 0.2) is 5.58 Å². The molecule has 1 aromatic heterocycles. The average molecular weight is 261 g/mol. The number of hydrogen-bond donors (Lipinski definition) is 2. The van der Waals surface area contributed by atoms with E-state index in [2.05, 4.69) is 10.3 Å². The molecule has 2 atom stereocenters. The van der Waals surface area contributed by atoms with E-state index in [4.69, 9.17) is 14.9 Å². The van der Waals surface area contributed by atoms with E-state index in [1.165, 1.54) is 0 Å². The van der Waals surface area contributed by atoms with Crippen molar-refractivity contribution in [2.75, 3.05) is 11.9 Å². The Morgan fingerprint density at radius 1 is 1.42 bits per heavy atom. The summed E-state index contributed by atoms with van der Waals surface area (Å²) in [6.45, 7) is 0.552. The maximum atomic E-state index is 11.0. The number of fused-ring (bicyclic) bond motifs is 1. The summed E-state index contributed by atoms with van der Waals surface area (Å²) in [5, 5.41) is 3.08. The van der Waals surface area contributed by atoms with Crippen LogP contribution in [0.1, 0.15) is 12.8 Å². The number of nitrogens with one attached hydrogen (secondary N) is 1. The minimum atomic E-state index is -0.463. The standard InChI is InChI=1S/C13H15N3O3/c14-12(17)11-6-5-8(18-11)7-15-13-16-9-3-1-2-4-10(9)19-13/h1-4,8,11H,5-7H2,(H2,14,17)(H,15,16)/t8-,11-/m1/s1. The zero-order valence-corrected chi connectivity index (χ0v) is 10.3. The molecule has 0 bridgehead atoms. The number of hydrogen-bond acceptors (Lipinski definition) is 5. The van der Waals surface area contributed by atoms with Gasteiger partial charge in [-0.15, -0.1) is 0 Å². The second-order valence-electron chi connectivity index (χ2n) is 4.59. The first-order valence-corrected chi connectivity index (χ1v) is 6.26. The molecule has 1 saturated heterocycles. The van der Waals surface area contributed by atoms with E-state index in [0.29, 0.717) is 19.0 Å². The van der Waals surface area contributed by atoms with Gasteiger partial charge in [-0.2, -0.15) is 4.98 Å². The Balaban J connectivity index is 1.59. The number of rotatable bonds is 4. The van der Waals surface area contributed by atoms with Crippen LogP contribution in [0.25, 0.3) is 11.1 Å². The first-order chi connectivity index (χ1) is 9.22. The molecule has 0 unspecified atom stereocenters. The average Bonchev–Trinajstić information content (AvgIpc) is 3.02. The van der Waals surface area contributed by atoms with Crippen LogP contribution in [0, 0.1) is 0 Å². The molecule has 3 rings (SSSR count). The Hall–Kier alpha value is -2.08. The number of carbonyl (C=O) groups is 1. The van der Waals surface area contributed by atoms with Crippen LogP contribution in [-0.4, -0.2) is 29.6 Å². The fraction of sp³-hybridized carbons (Fsp3) is 0.385. The molecule has 100 valence electrons. The van der Waals surface area contributed by atoms with Gasteiger partial charge in [0.1, 0.15) is 11.6 Å². The maximum Gasteiger partial charge on any atom is 0.295 e. The predicted molar refractivity (Wildman–Crippen MR) is 69.6 cm³/mol. The third-order valence-corrected chi connectivity index (χ3v) is 3.20. The van der Waals surface area contributed by atoms with Crippen molar-refractivity contribution < 1.29 is 13.9 Å². The highest BCUT2D eigenvalue weighted by atomic mass is 16.5. The lowest BCUT2D eigenvalue weighted by atomic mass is 10.2. The van der Waals surface area contributed by atoms with Gasteiger partial charge in [0.2, 0.25) is 5.91 Å². The monoisotopic (exact) mass is 261 g/mol. The highest BCUT2D eigenvalue weighted by Gasteiger charge is 2.29. The van der Waals surface area contributed by atoms with Crippen molar-refractivity contribution in [3.63, 3.8) is 0 Å². The molecule has 3 N–H and O–H groups in total. The molecule has 0 spiro atoms. The number of carbonyl (C=O) groups excluding carboxylic acids is 1. The van der Waals surface area contributed by atoms with E-state index < -0.39 is 12.0 Å². The van der Waals surface area contributed by atoms with Crippen molar-refractivity contribution in [1.29, 1.82) is 0 Å². The smallest absolute Gasteiger partial charge is 0.295 e. The normalized spacial score (nSPS) is 22.7. The van der Waals surface area contributed by atoms with Crippen molar-refractivity contribution in [1.82, 2.24) is 4.98 Å². The number of nitrogens with zero attached hydrogens (tertiary/aromatic N) is 1. The van der Waals surface area contributed by atoms with Gasteiger partial charge in [-0.25, -0.2) is 0 Å². The molecule has 2 aromatic rings.